The Morgan fingerprint density at radius 2 is 1.56 bits per heavy atom. The van der Waals surface area contributed by atoms with Gasteiger partial charge in [0.2, 0.25) is 21.8 Å². The number of halogens is 1. The Hall–Kier alpha value is -3.92. The Bertz CT molecular complexity index is 1600. The molecule has 1 fully saturated rings. The Kier molecular flexibility index (Phi) is 9.97. The number of amides is 2. The maximum Gasteiger partial charge on any atom is 0.247 e. The molecule has 43 heavy (non-hydrogen) atoms. The predicted molar refractivity (Wildman–Crippen MR) is 164 cm³/mol. The average Bonchev–Trinajstić information content (AvgIpc) is 3.76. The number of nitrogens with one attached hydrogen (secondary N) is 1. The fourth-order valence-electron chi connectivity index (χ4n) is 5.20. The Morgan fingerprint density at radius 1 is 0.884 bits per heavy atom. The first kappa shape index (κ1) is 30.5. The summed E-state index contributed by atoms with van der Waals surface area (Å²) in [5, 5.41) is 3.50. The van der Waals surface area contributed by atoms with E-state index < -0.39 is 16.1 Å². The molecule has 224 valence electrons. The molecule has 1 atom stereocenters. The minimum absolute atomic E-state index is 0.126. The van der Waals surface area contributed by atoms with E-state index >= 15 is 0 Å². The third-order valence-corrected chi connectivity index (χ3v) is 9.70. The fourth-order valence-corrected chi connectivity index (χ4v) is 6.85. The molecule has 0 saturated carbocycles. The van der Waals surface area contributed by atoms with E-state index in [1.165, 1.54) is 4.31 Å². The van der Waals surface area contributed by atoms with Crippen LogP contribution in [0, 0.1) is 0 Å². The zero-order valence-electron chi connectivity index (χ0n) is 23.7. The lowest BCUT2D eigenvalue weighted by Gasteiger charge is -2.32. The second kappa shape index (κ2) is 14.0. The molecule has 2 heterocycles. The largest absolute Gasteiger partial charge is 0.467 e. The molecule has 5 rings (SSSR count). The van der Waals surface area contributed by atoms with Crippen molar-refractivity contribution in [3.63, 3.8) is 0 Å². The standard InChI is InChI=1S/C33H34ClN3O5S/c34-28-15-10-26(11-16-28)24-37(32(27-7-2-1-3-8-27)33(39)35-23-29-9-6-22-42-29)31(38)19-14-25-12-17-30(18-13-25)43(40,41)36-20-4-5-21-36/h1-3,6-13,15-18,22,32H,4-5,14,19-21,23-24H2,(H,35,39)/t32-/m1/s1. The van der Waals surface area contributed by atoms with Crippen LogP contribution in [0.4, 0.5) is 0 Å². The van der Waals surface area contributed by atoms with Crippen LogP contribution >= 0.6 is 11.6 Å². The normalized spacial score (nSPS) is 14.3. The summed E-state index contributed by atoms with van der Waals surface area (Å²) in [6.07, 6.45) is 3.80. The number of nitrogens with zero attached hydrogens (tertiary/aromatic N) is 2. The zero-order chi connectivity index (χ0) is 30.2. The molecule has 1 aliphatic heterocycles. The van der Waals surface area contributed by atoms with Gasteiger partial charge >= 0.3 is 0 Å². The molecular weight excluding hydrogens is 586 g/mol. The van der Waals surface area contributed by atoms with Crippen molar-refractivity contribution >= 4 is 33.4 Å². The molecular formula is C33H34ClN3O5S. The first-order chi connectivity index (χ1) is 20.8. The summed E-state index contributed by atoms with van der Waals surface area (Å²) in [7, 11) is -3.51. The van der Waals surface area contributed by atoms with Gasteiger partial charge in [0.25, 0.3) is 0 Å². The number of furan rings is 1. The van der Waals surface area contributed by atoms with E-state index in [0.717, 1.165) is 24.0 Å². The van der Waals surface area contributed by atoms with Crippen molar-refractivity contribution in [2.45, 2.75) is 49.7 Å². The lowest BCUT2D eigenvalue weighted by molar-refractivity contribution is -0.141. The molecule has 1 aliphatic rings. The van der Waals surface area contributed by atoms with E-state index in [-0.39, 0.29) is 36.2 Å². The topological polar surface area (TPSA) is 99.9 Å². The van der Waals surface area contributed by atoms with Gasteiger partial charge in [-0.3, -0.25) is 9.59 Å². The van der Waals surface area contributed by atoms with E-state index in [1.54, 1.807) is 59.7 Å². The molecule has 0 spiro atoms. The third-order valence-electron chi connectivity index (χ3n) is 7.53. The minimum Gasteiger partial charge on any atom is -0.467 e. The summed E-state index contributed by atoms with van der Waals surface area (Å²) in [4.78, 5) is 29.5. The van der Waals surface area contributed by atoms with Crippen LogP contribution in [0.5, 0.6) is 0 Å². The lowest BCUT2D eigenvalue weighted by atomic mass is 10.0. The van der Waals surface area contributed by atoms with Crippen molar-refractivity contribution in [1.82, 2.24) is 14.5 Å². The molecule has 8 nitrogen and oxygen atoms in total. The SMILES string of the molecule is O=C(NCc1ccco1)[C@@H](c1ccccc1)N(Cc1ccc(Cl)cc1)C(=O)CCc1ccc(S(=O)(=O)N2CCCC2)cc1. The quantitative estimate of drug-likeness (QED) is 0.218. The number of benzene rings is 3. The second-order valence-electron chi connectivity index (χ2n) is 10.5. The molecule has 1 aromatic heterocycles. The van der Waals surface area contributed by atoms with Gasteiger partial charge in [-0.2, -0.15) is 4.31 Å². The molecule has 4 aromatic rings. The number of carbonyl (C=O) groups excluding carboxylic acids is 2. The van der Waals surface area contributed by atoms with Crippen molar-refractivity contribution < 1.29 is 22.4 Å². The zero-order valence-corrected chi connectivity index (χ0v) is 25.3. The van der Waals surface area contributed by atoms with Crippen LogP contribution in [0.3, 0.4) is 0 Å². The highest BCUT2D eigenvalue weighted by molar-refractivity contribution is 7.89. The molecule has 2 amide bonds. The highest BCUT2D eigenvalue weighted by Gasteiger charge is 2.32. The second-order valence-corrected chi connectivity index (χ2v) is 12.9. The van der Waals surface area contributed by atoms with E-state index in [1.807, 2.05) is 42.5 Å². The summed E-state index contributed by atoms with van der Waals surface area (Å²) in [5.41, 5.74) is 2.34. The van der Waals surface area contributed by atoms with E-state index in [4.69, 9.17) is 16.0 Å². The monoisotopic (exact) mass is 619 g/mol. The van der Waals surface area contributed by atoms with Gasteiger partial charge in [0.15, 0.2) is 0 Å². The third kappa shape index (κ3) is 7.73. The number of carbonyl (C=O) groups is 2. The van der Waals surface area contributed by atoms with Crippen molar-refractivity contribution in [3.05, 3.63) is 125 Å². The molecule has 3 aromatic carbocycles. The van der Waals surface area contributed by atoms with Crippen LogP contribution in [0.1, 0.15) is 47.8 Å². The summed E-state index contributed by atoms with van der Waals surface area (Å²) >= 11 is 6.11. The first-order valence-corrected chi connectivity index (χ1v) is 16.1. The Balaban J connectivity index is 1.37. The maximum absolute atomic E-state index is 13.9. The van der Waals surface area contributed by atoms with Gasteiger partial charge in [0, 0.05) is 31.1 Å². The highest BCUT2D eigenvalue weighted by Crippen LogP contribution is 2.27. The lowest BCUT2D eigenvalue weighted by Crippen LogP contribution is -2.43. The van der Waals surface area contributed by atoms with Gasteiger partial charge < -0.3 is 14.6 Å². The van der Waals surface area contributed by atoms with Gasteiger partial charge in [-0.1, -0.05) is 66.2 Å². The van der Waals surface area contributed by atoms with Crippen LogP contribution in [0.15, 0.2) is 107 Å². The Labute approximate surface area is 257 Å². The number of hydrogen-bond acceptors (Lipinski definition) is 5. The number of sulfonamides is 1. The summed E-state index contributed by atoms with van der Waals surface area (Å²) < 4.78 is 32.7. The van der Waals surface area contributed by atoms with Crippen LogP contribution < -0.4 is 5.32 Å². The molecule has 10 heteroatoms. The molecule has 1 N–H and O–H groups in total. The van der Waals surface area contributed by atoms with Crippen LogP contribution in [0.25, 0.3) is 0 Å². The molecule has 0 bridgehead atoms. The van der Waals surface area contributed by atoms with Gasteiger partial charge in [0.1, 0.15) is 11.8 Å². The van der Waals surface area contributed by atoms with E-state index in [0.29, 0.717) is 35.9 Å². The molecule has 0 aliphatic carbocycles. The predicted octanol–water partition coefficient (Wildman–Crippen LogP) is 5.74. The van der Waals surface area contributed by atoms with Gasteiger partial charge in [-0.25, -0.2) is 8.42 Å². The summed E-state index contributed by atoms with van der Waals surface area (Å²) in [5.74, 6) is 0.0537. The van der Waals surface area contributed by atoms with Gasteiger partial charge in [-0.15, -0.1) is 0 Å². The smallest absolute Gasteiger partial charge is 0.247 e. The van der Waals surface area contributed by atoms with Crippen molar-refractivity contribution in [2.24, 2.45) is 0 Å². The highest BCUT2D eigenvalue weighted by atomic mass is 35.5. The van der Waals surface area contributed by atoms with Gasteiger partial charge in [-0.05, 0) is 72.4 Å². The molecule has 0 radical (unpaired) electrons. The number of hydrogen-bond donors (Lipinski definition) is 1. The number of rotatable bonds is 12. The number of aryl methyl sites for hydroxylation is 1. The van der Waals surface area contributed by atoms with Crippen molar-refractivity contribution in [3.8, 4) is 0 Å². The van der Waals surface area contributed by atoms with Crippen LogP contribution in [0.2, 0.25) is 5.02 Å². The minimum atomic E-state index is -3.51. The van der Waals surface area contributed by atoms with Crippen LogP contribution in [-0.2, 0) is 39.1 Å². The van der Waals surface area contributed by atoms with Gasteiger partial charge in [0.05, 0.1) is 17.7 Å². The average molecular weight is 620 g/mol. The van der Waals surface area contributed by atoms with Crippen LogP contribution in [-0.4, -0.2) is 42.5 Å². The fraction of sp³-hybridized carbons (Fsp3) is 0.273. The first-order valence-electron chi connectivity index (χ1n) is 14.3. The molecule has 1 saturated heterocycles. The Morgan fingerprint density at radius 3 is 2.21 bits per heavy atom. The maximum atomic E-state index is 13.9. The molecule has 0 unspecified atom stereocenters. The summed E-state index contributed by atoms with van der Waals surface area (Å²) in [6.45, 7) is 1.46. The summed E-state index contributed by atoms with van der Waals surface area (Å²) in [6, 6.07) is 25.7. The van der Waals surface area contributed by atoms with E-state index in [9.17, 15) is 18.0 Å². The van der Waals surface area contributed by atoms with Crippen molar-refractivity contribution in [2.75, 3.05) is 13.1 Å². The van der Waals surface area contributed by atoms with Crippen molar-refractivity contribution in [1.29, 1.82) is 0 Å². The van der Waals surface area contributed by atoms with E-state index in [2.05, 4.69) is 5.32 Å².